The zero-order chi connectivity index (χ0) is 13.3. The normalized spacial score (nSPS) is 10.5. The average Bonchev–Trinajstić information content (AvgIpc) is 2.29. The van der Waals surface area contributed by atoms with Gasteiger partial charge >= 0.3 is 0 Å². The summed E-state index contributed by atoms with van der Waals surface area (Å²) in [6.45, 7) is 1.71. The fourth-order valence-corrected chi connectivity index (χ4v) is 1.90. The molecule has 1 aromatic heterocycles. The van der Waals surface area contributed by atoms with Crippen molar-refractivity contribution in [2.45, 2.75) is 6.92 Å². The van der Waals surface area contributed by atoms with Gasteiger partial charge in [-0.25, -0.2) is 13.8 Å². The van der Waals surface area contributed by atoms with Crippen LogP contribution in [0.2, 0.25) is 5.02 Å². The van der Waals surface area contributed by atoms with Crippen molar-refractivity contribution in [1.82, 2.24) is 4.98 Å². The molecule has 0 aliphatic heterocycles. The van der Waals surface area contributed by atoms with E-state index in [-0.39, 0.29) is 16.7 Å². The minimum Gasteiger partial charge on any atom is -0.338 e. The van der Waals surface area contributed by atoms with Crippen molar-refractivity contribution in [1.29, 1.82) is 0 Å². The maximum absolute atomic E-state index is 13.6. The Hall–Kier alpha value is -1.20. The van der Waals surface area contributed by atoms with Crippen LogP contribution < -0.4 is 5.32 Å². The van der Waals surface area contributed by atoms with Crippen molar-refractivity contribution in [2.75, 3.05) is 5.32 Å². The number of hydrogen-bond donors (Lipinski definition) is 1. The molecular formula is C12H8BrClF2N2. The molecule has 2 nitrogen and oxygen atoms in total. The average molecular weight is 334 g/mol. The van der Waals surface area contributed by atoms with E-state index in [1.54, 1.807) is 6.92 Å². The molecule has 1 heterocycles. The van der Waals surface area contributed by atoms with E-state index in [9.17, 15) is 8.78 Å². The second kappa shape index (κ2) is 5.20. The minimum atomic E-state index is -0.567. The van der Waals surface area contributed by atoms with Gasteiger partial charge in [-0.1, -0.05) is 11.6 Å². The fraction of sp³-hybridized carbons (Fsp3) is 0.0833. The molecule has 0 atom stereocenters. The van der Waals surface area contributed by atoms with Crippen LogP contribution in [0.25, 0.3) is 0 Å². The molecule has 2 rings (SSSR count). The standard InChI is InChI=1S/C12H8BrClF2N2/c1-6-2-9(15)8(13)4-11(6)18-12-10(16)3-7(14)5-17-12/h2-5H,1H3,(H,17,18). The molecule has 0 amide bonds. The smallest absolute Gasteiger partial charge is 0.167 e. The summed E-state index contributed by atoms with van der Waals surface area (Å²) in [5.74, 6) is -0.897. The molecule has 0 aliphatic carbocycles. The predicted molar refractivity (Wildman–Crippen MR) is 71.3 cm³/mol. The van der Waals surface area contributed by atoms with E-state index >= 15 is 0 Å². The van der Waals surface area contributed by atoms with Gasteiger partial charge in [0.15, 0.2) is 11.6 Å². The Balaban J connectivity index is 2.37. The largest absolute Gasteiger partial charge is 0.338 e. The summed E-state index contributed by atoms with van der Waals surface area (Å²) in [5, 5.41) is 3.01. The van der Waals surface area contributed by atoms with Gasteiger partial charge in [-0.15, -0.1) is 0 Å². The predicted octanol–water partition coefficient (Wildman–Crippen LogP) is 4.83. The van der Waals surface area contributed by atoms with Crippen molar-refractivity contribution in [3.8, 4) is 0 Å². The number of benzene rings is 1. The number of anilines is 2. The summed E-state index contributed by atoms with van der Waals surface area (Å²) < 4.78 is 27.1. The van der Waals surface area contributed by atoms with Crippen LogP contribution in [0.1, 0.15) is 5.56 Å². The summed E-state index contributed by atoms with van der Waals surface area (Å²) in [6, 6.07) is 4.03. The number of nitrogens with zero attached hydrogens (tertiary/aromatic N) is 1. The SMILES string of the molecule is Cc1cc(F)c(Br)cc1Nc1ncc(Cl)cc1F. The number of pyridine rings is 1. The molecule has 0 aliphatic rings. The Kier molecular flexibility index (Phi) is 3.82. The Labute approximate surface area is 116 Å². The molecule has 94 valence electrons. The highest BCUT2D eigenvalue weighted by atomic mass is 79.9. The number of nitrogens with one attached hydrogen (secondary N) is 1. The van der Waals surface area contributed by atoms with Crippen molar-refractivity contribution in [2.24, 2.45) is 0 Å². The van der Waals surface area contributed by atoms with Gasteiger partial charge in [-0.2, -0.15) is 0 Å². The second-order valence-corrected chi connectivity index (χ2v) is 4.98. The van der Waals surface area contributed by atoms with Crippen LogP contribution in [0.15, 0.2) is 28.9 Å². The molecule has 18 heavy (non-hydrogen) atoms. The van der Waals surface area contributed by atoms with Crippen LogP contribution in [0.5, 0.6) is 0 Å². The molecule has 0 saturated carbocycles. The van der Waals surface area contributed by atoms with E-state index in [0.29, 0.717) is 15.7 Å². The van der Waals surface area contributed by atoms with Crippen LogP contribution in [-0.2, 0) is 0 Å². The first-order valence-corrected chi connectivity index (χ1v) is 6.18. The molecule has 0 spiro atoms. The molecule has 2 aromatic rings. The number of hydrogen-bond acceptors (Lipinski definition) is 2. The highest BCUT2D eigenvalue weighted by Gasteiger charge is 2.09. The van der Waals surface area contributed by atoms with Gasteiger partial charge in [0.05, 0.1) is 9.50 Å². The molecule has 1 N–H and O–H groups in total. The van der Waals surface area contributed by atoms with Gasteiger partial charge in [0.2, 0.25) is 0 Å². The topological polar surface area (TPSA) is 24.9 Å². The maximum Gasteiger partial charge on any atom is 0.167 e. The molecule has 0 unspecified atom stereocenters. The summed E-state index contributed by atoms with van der Waals surface area (Å²) in [5.41, 5.74) is 1.21. The van der Waals surface area contributed by atoms with Gasteiger partial charge < -0.3 is 5.32 Å². The van der Waals surface area contributed by atoms with E-state index < -0.39 is 5.82 Å². The van der Waals surface area contributed by atoms with Gasteiger partial charge in [0.25, 0.3) is 0 Å². The number of aryl methyl sites for hydroxylation is 1. The monoisotopic (exact) mass is 332 g/mol. The third kappa shape index (κ3) is 2.79. The van der Waals surface area contributed by atoms with Crippen molar-refractivity contribution in [3.63, 3.8) is 0 Å². The van der Waals surface area contributed by atoms with E-state index in [1.165, 1.54) is 18.3 Å². The molecule has 1 aromatic carbocycles. The summed E-state index contributed by atoms with van der Waals surface area (Å²) >= 11 is 8.68. The summed E-state index contributed by atoms with van der Waals surface area (Å²) in [7, 11) is 0. The first-order valence-electron chi connectivity index (χ1n) is 5.01. The second-order valence-electron chi connectivity index (χ2n) is 3.69. The first-order chi connectivity index (χ1) is 8.47. The van der Waals surface area contributed by atoms with Crippen molar-refractivity contribution < 1.29 is 8.78 Å². The van der Waals surface area contributed by atoms with Gasteiger partial charge in [0, 0.05) is 11.9 Å². The zero-order valence-electron chi connectivity index (χ0n) is 9.27. The Morgan fingerprint density at radius 3 is 2.61 bits per heavy atom. The van der Waals surface area contributed by atoms with Gasteiger partial charge in [0.1, 0.15) is 5.82 Å². The Morgan fingerprint density at radius 2 is 1.94 bits per heavy atom. The molecular weight excluding hydrogens is 325 g/mol. The highest BCUT2D eigenvalue weighted by Crippen LogP contribution is 2.27. The number of rotatable bonds is 2. The lowest BCUT2D eigenvalue weighted by Gasteiger charge is -2.10. The molecule has 6 heteroatoms. The summed E-state index contributed by atoms with van der Waals surface area (Å²) in [4.78, 5) is 3.84. The molecule has 0 saturated heterocycles. The van der Waals surface area contributed by atoms with Crippen LogP contribution in [0, 0.1) is 18.6 Å². The Bertz CT molecular complexity index is 605. The van der Waals surface area contributed by atoms with Crippen LogP contribution in [0.3, 0.4) is 0 Å². The third-order valence-corrected chi connectivity index (χ3v) is 3.14. The highest BCUT2D eigenvalue weighted by molar-refractivity contribution is 9.10. The van der Waals surface area contributed by atoms with Crippen LogP contribution in [0.4, 0.5) is 20.3 Å². The zero-order valence-corrected chi connectivity index (χ0v) is 11.6. The van der Waals surface area contributed by atoms with E-state index in [1.807, 2.05) is 0 Å². The molecule has 0 fully saturated rings. The van der Waals surface area contributed by atoms with Crippen molar-refractivity contribution >= 4 is 39.0 Å². The van der Waals surface area contributed by atoms with Gasteiger partial charge in [-0.3, -0.25) is 0 Å². The van der Waals surface area contributed by atoms with Crippen molar-refractivity contribution in [3.05, 3.63) is 51.1 Å². The lowest BCUT2D eigenvalue weighted by molar-refractivity contribution is 0.620. The maximum atomic E-state index is 13.6. The van der Waals surface area contributed by atoms with E-state index in [2.05, 4.69) is 26.2 Å². The fourth-order valence-electron chi connectivity index (χ4n) is 1.42. The number of halogens is 4. The van der Waals surface area contributed by atoms with Crippen LogP contribution >= 0.6 is 27.5 Å². The summed E-state index contributed by atoms with van der Waals surface area (Å²) in [6.07, 6.45) is 1.33. The molecule has 0 radical (unpaired) electrons. The minimum absolute atomic E-state index is 0.0426. The number of aromatic nitrogens is 1. The lowest BCUT2D eigenvalue weighted by Crippen LogP contribution is -1.99. The third-order valence-electron chi connectivity index (χ3n) is 2.33. The quantitative estimate of drug-likeness (QED) is 0.851. The lowest BCUT2D eigenvalue weighted by atomic mass is 10.2. The van der Waals surface area contributed by atoms with Crippen LogP contribution in [-0.4, -0.2) is 4.98 Å². The Morgan fingerprint density at radius 1 is 1.22 bits per heavy atom. The van der Waals surface area contributed by atoms with E-state index in [4.69, 9.17) is 11.6 Å². The first kappa shape index (κ1) is 13.2. The van der Waals surface area contributed by atoms with E-state index in [0.717, 1.165) is 6.07 Å². The molecule has 0 bridgehead atoms. The van der Waals surface area contributed by atoms with Gasteiger partial charge in [-0.05, 0) is 46.6 Å².